The molecule has 0 radical (unpaired) electrons. The molecule has 7 nitrogen and oxygen atoms in total. The van der Waals surface area contributed by atoms with Crippen molar-refractivity contribution in [2.45, 2.75) is 33.8 Å². The molecule has 160 valence electrons. The summed E-state index contributed by atoms with van der Waals surface area (Å²) in [4.78, 5) is 20.8. The van der Waals surface area contributed by atoms with Crippen molar-refractivity contribution in [1.82, 2.24) is 19.5 Å². The summed E-state index contributed by atoms with van der Waals surface area (Å²) in [5.41, 5.74) is 3.58. The van der Waals surface area contributed by atoms with Crippen LogP contribution in [0.3, 0.4) is 0 Å². The molecule has 2 aromatic heterocycles. The van der Waals surface area contributed by atoms with Gasteiger partial charge < -0.3 is 14.5 Å². The number of halogens is 1. The number of ether oxygens (including phenoxy) is 1. The molecule has 0 spiro atoms. The summed E-state index contributed by atoms with van der Waals surface area (Å²) >= 11 is 3.44. The summed E-state index contributed by atoms with van der Waals surface area (Å²) in [6.07, 6.45) is 5.34. The number of anilines is 1. The number of amides is 1. The van der Waals surface area contributed by atoms with E-state index in [-0.39, 0.29) is 13.5 Å². The van der Waals surface area contributed by atoms with Crippen molar-refractivity contribution >= 4 is 33.4 Å². The van der Waals surface area contributed by atoms with Crippen LogP contribution in [0.5, 0.6) is 0 Å². The van der Waals surface area contributed by atoms with Crippen molar-refractivity contribution in [1.29, 1.82) is 0 Å². The fraction of sp³-hybridized carbons (Fsp3) is 0.409. The summed E-state index contributed by atoms with van der Waals surface area (Å²) in [7, 11) is 0. The number of carbonyl (C=O) groups is 1. The van der Waals surface area contributed by atoms with E-state index in [4.69, 9.17) is 4.74 Å². The Hall–Kier alpha value is -2.61. The van der Waals surface area contributed by atoms with E-state index in [1.165, 1.54) is 0 Å². The van der Waals surface area contributed by atoms with Crippen molar-refractivity contribution in [3.63, 3.8) is 0 Å². The van der Waals surface area contributed by atoms with Gasteiger partial charge >= 0.3 is 6.09 Å². The van der Waals surface area contributed by atoms with Crippen LogP contribution in [-0.2, 0) is 4.74 Å². The Labute approximate surface area is 185 Å². The average Bonchev–Trinajstić information content (AvgIpc) is 3.07. The van der Waals surface area contributed by atoms with Crippen LogP contribution in [-0.4, -0.2) is 57.4 Å². The molecule has 0 bridgehead atoms. The van der Waals surface area contributed by atoms with Crippen LogP contribution in [0.1, 0.15) is 28.2 Å². The highest BCUT2D eigenvalue weighted by molar-refractivity contribution is 9.10. The minimum absolute atomic E-state index is 0. The number of piperazine rings is 1. The zero-order valence-electron chi connectivity index (χ0n) is 16.8. The maximum Gasteiger partial charge on any atom is 0.410 e. The highest BCUT2D eigenvalue weighted by Gasteiger charge is 2.25. The number of fused-ring (bicyclic) bond motifs is 1. The Morgan fingerprint density at radius 1 is 1.03 bits per heavy atom. The standard InChI is InChI=1S/C21H24BrN5O2.CH4/c1-21(2,3)29-20(28)26-10-8-25(9-11-26)17-6-4-15(5-7-17)16-12-23-19-18(22)13-24-27(19)14-16;/h4-7,12-14H,8-11H2,1-3H3;1H4. The SMILES string of the molecule is C.CC(C)(C)OC(=O)N1CCN(c2ccc(-c3cnc4c(Br)cnn4c3)cc2)CC1. The van der Waals surface area contributed by atoms with Gasteiger partial charge in [0, 0.05) is 49.8 Å². The smallest absolute Gasteiger partial charge is 0.410 e. The maximum atomic E-state index is 12.2. The lowest BCUT2D eigenvalue weighted by atomic mass is 10.1. The van der Waals surface area contributed by atoms with E-state index < -0.39 is 5.60 Å². The van der Waals surface area contributed by atoms with Crippen molar-refractivity contribution in [3.05, 3.63) is 47.3 Å². The summed E-state index contributed by atoms with van der Waals surface area (Å²) in [5.74, 6) is 0. The molecule has 1 aromatic carbocycles. The van der Waals surface area contributed by atoms with Crippen LogP contribution in [0.2, 0.25) is 0 Å². The fourth-order valence-electron chi connectivity index (χ4n) is 3.33. The van der Waals surface area contributed by atoms with Gasteiger partial charge in [0.15, 0.2) is 5.65 Å². The molecule has 0 atom stereocenters. The monoisotopic (exact) mass is 473 g/mol. The molecule has 0 aliphatic carbocycles. The second-order valence-electron chi connectivity index (χ2n) is 8.10. The first-order valence-electron chi connectivity index (χ1n) is 9.62. The lowest BCUT2D eigenvalue weighted by Gasteiger charge is -2.36. The molecule has 1 amide bonds. The van der Waals surface area contributed by atoms with Gasteiger partial charge in [-0.05, 0) is 54.4 Å². The minimum atomic E-state index is -0.464. The molecule has 4 rings (SSSR count). The number of nitrogens with zero attached hydrogens (tertiary/aromatic N) is 5. The Kier molecular flexibility index (Phi) is 6.36. The van der Waals surface area contributed by atoms with E-state index in [0.29, 0.717) is 13.1 Å². The van der Waals surface area contributed by atoms with Crippen LogP contribution in [0.15, 0.2) is 47.3 Å². The van der Waals surface area contributed by atoms with E-state index in [9.17, 15) is 4.79 Å². The normalized spacial score (nSPS) is 14.5. The first-order valence-corrected chi connectivity index (χ1v) is 10.4. The molecular formula is C22H28BrN5O2. The lowest BCUT2D eigenvalue weighted by Crippen LogP contribution is -2.50. The van der Waals surface area contributed by atoms with Crippen LogP contribution < -0.4 is 4.90 Å². The second kappa shape index (κ2) is 8.63. The zero-order chi connectivity index (χ0) is 20.6. The molecule has 1 fully saturated rings. The van der Waals surface area contributed by atoms with Crippen LogP contribution >= 0.6 is 15.9 Å². The third-order valence-electron chi connectivity index (χ3n) is 4.81. The second-order valence-corrected chi connectivity index (χ2v) is 8.96. The highest BCUT2D eigenvalue weighted by Crippen LogP contribution is 2.25. The molecule has 3 heterocycles. The van der Waals surface area contributed by atoms with Gasteiger partial charge in [0.25, 0.3) is 0 Å². The Balaban J connectivity index is 0.00000256. The molecule has 0 N–H and O–H groups in total. The number of carbonyl (C=O) groups excluding carboxylic acids is 1. The van der Waals surface area contributed by atoms with E-state index in [1.54, 1.807) is 15.6 Å². The fourth-order valence-corrected chi connectivity index (χ4v) is 3.71. The van der Waals surface area contributed by atoms with Gasteiger partial charge in [0.05, 0.1) is 10.7 Å². The molecule has 0 saturated carbocycles. The number of aromatic nitrogens is 3. The summed E-state index contributed by atoms with van der Waals surface area (Å²) in [5, 5.41) is 4.30. The van der Waals surface area contributed by atoms with E-state index >= 15 is 0 Å². The number of rotatable bonds is 2. The number of benzene rings is 1. The van der Waals surface area contributed by atoms with Gasteiger partial charge in [-0.25, -0.2) is 14.3 Å². The van der Waals surface area contributed by atoms with Crippen molar-refractivity contribution < 1.29 is 9.53 Å². The highest BCUT2D eigenvalue weighted by atomic mass is 79.9. The first-order chi connectivity index (χ1) is 13.8. The predicted molar refractivity (Wildman–Crippen MR) is 123 cm³/mol. The molecule has 0 unspecified atom stereocenters. The van der Waals surface area contributed by atoms with Crippen molar-refractivity contribution in [2.75, 3.05) is 31.1 Å². The van der Waals surface area contributed by atoms with Gasteiger partial charge in [0.1, 0.15) is 5.60 Å². The van der Waals surface area contributed by atoms with Gasteiger partial charge in [-0.3, -0.25) is 0 Å². The molecule has 1 saturated heterocycles. The van der Waals surface area contributed by atoms with Crippen LogP contribution in [0.25, 0.3) is 16.8 Å². The summed E-state index contributed by atoms with van der Waals surface area (Å²) in [6, 6.07) is 8.41. The third kappa shape index (κ3) is 4.75. The van der Waals surface area contributed by atoms with Crippen molar-refractivity contribution in [2.24, 2.45) is 0 Å². The van der Waals surface area contributed by atoms with Crippen LogP contribution in [0.4, 0.5) is 10.5 Å². The largest absolute Gasteiger partial charge is 0.444 e. The Morgan fingerprint density at radius 2 is 1.70 bits per heavy atom. The van der Waals surface area contributed by atoms with E-state index in [1.807, 2.05) is 33.2 Å². The lowest BCUT2D eigenvalue weighted by molar-refractivity contribution is 0.0240. The Morgan fingerprint density at radius 3 is 2.33 bits per heavy atom. The minimum Gasteiger partial charge on any atom is -0.444 e. The maximum absolute atomic E-state index is 12.2. The number of hydrogen-bond donors (Lipinski definition) is 0. The summed E-state index contributed by atoms with van der Waals surface area (Å²) < 4.78 is 8.11. The molecule has 1 aliphatic heterocycles. The van der Waals surface area contributed by atoms with E-state index in [2.05, 4.69) is 55.2 Å². The molecular weight excluding hydrogens is 446 g/mol. The molecule has 1 aliphatic rings. The quantitative estimate of drug-likeness (QED) is 0.531. The molecule has 8 heteroatoms. The molecule has 3 aromatic rings. The molecule has 30 heavy (non-hydrogen) atoms. The predicted octanol–water partition coefficient (Wildman–Crippen LogP) is 4.85. The zero-order valence-corrected chi connectivity index (χ0v) is 18.4. The number of hydrogen-bond acceptors (Lipinski definition) is 5. The van der Waals surface area contributed by atoms with Gasteiger partial charge in [-0.15, -0.1) is 0 Å². The van der Waals surface area contributed by atoms with E-state index in [0.717, 1.165) is 40.0 Å². The van der Waals surface area contributed by atoms with Gasteiger partial charge in [-0.2, -0.15) is 5.10 Å². The summed E-state index contributed by atoms with van der Waals surface area (Å²) in [6.45, 7) is 8.56. The third-order valence-corrected chi connectivity index (χ3v) is 5.37. The van der Waals surface area contributed by atoms with Crippen molar-refractivity contribution in [3.8, 4) is 11.1 Å². The average molecular weight is 474 g/mol. The topological polar surface area (TPSA) is 63.0 Å². The van der Waals surface area contributed by atoms with Crippen LogP contribution in [0, 0.1) is 0 Å². The van der Waals surface area contributed by atoms with Gasteiger partial charge in [-0.1, -0.05) is 19.6 Å². The Bertz CT molecular complexity index is 1020. The van der Waals surface area contributed by atoms with Gasteiger partial charge in [0.2, 0.25) is 0 Å². The first kappa shape index (κ1) is 22.1.